The number of hydrogen-bond donors (Lipinski definition) is 0. The molecule has 21 heavy (non-hydrogen) atoms. The van der Waals surface area contributed by atoms with Gasteiger partial charge in [-0.2, -0.15) is 0 Å². The van der Waals surface area contributed by atoms with Gasteiger partial charge in [0.2, 0.25) is 0 Å². The summed E-state index contributed by atoms with van der Waals surface area (Å²) in [5.41, 5.74) is 0. The highest BCUT2D eigenvalue weighted by Crippen LogP contribution is 2.17. The lowest BCUT2D eigenvalue weighted by Crippen LogP contribution is -2.02. The maximum absolute atomic E-state index is 11.1. The summed E-state index contributed by atoms with van der Waals surface area (Å²) in [7, 11) is 0. The molecule has 0 N–H and O–H groups in total. The molecule has 0 saturated heterocycles. The first-order valence-corrected chi connectivity index (χ1v) is 9.80. The molecular weight excluding hydrogens is 256 g/mol. The molecule has 0 radical (unpaired) electrons. The monoisotopic (exact) mass is 296 g/mol. The Bertz CT molecular complexity index is 182. The Hall–Kier alpha value is -0.330. The summed E-state index contributed by atoms with van der Waals surface area (Å²) < 4.78 is 0. The number of carbonyl (C=O) groups is 1. The van der Waals surface area contributed by atoms with E-state index in [-0.39, 0.29) is 0 Å². The molecule has 0 fully saturated rings. The van der Waals surface area contributed by atoms with Crippen molar-refractivity contribution in [1.29, 1.82) is 0 Å². The van der Waals surface area contributed by atoms with Crippen LogP contribution in [0.3, 0.4) is 0 Å². The first-order chi connectivity index (χ1) is 10.3. The molecule has 0 aliphatic heterocycles. The third kappa shape index (κ3) is 15.9. The van der Waals surface area contributed by atoms with Gasteiger partial charge in [-0.05, 0) is 12.8 Å². The summed E-state index contributed by atoms with van der Waals surface area (Å²) in [6.45, 7) is 4.52. The van der Waals surface area contributed by atoms with E-state index in [1.807, 2.05) is 0 Å². The number of hydrogen-bond acceptors (Lipinski definition) is 1. The molecule has 0 bridgehead atoms. The maximum Gasteiger partial charge on any atom is 0.123 e. The second kappa shape index (κ2) is 17.7. The average molecular weight is 297 g/mol. The van der Waals surface area contributed by atoms with Crippen molar-refractivity contribution in [2.24, 2.45) is 5.92 Å². The van der Waals surface area contributed by atoms with Crippen molar-refractivity contribution in [2.75, 3.05) is 0 Å². The molecule has 0 heterocycles. The number of aldehydes is 1. The smallest absolute Gasteiger partial charge is 0.123 e. The molecule has 0 amide bonds. The topological polar surface area (TPSA) is 17.1 Å². The van der Waals surface area contributed by atoms with E-state index in [2.05, 4.69) is 13.8 Å². The van der Waals surface area contributed by atoms with Crippen LogP contribution in [0.1, 0.15) is 117 Å². The second-order valence-electron chi connectivity index (χ2n) is 6.72. The summed E-state index contributed by atoms with van der Waals surface area (Å²) in [4.78, 5) is 11.1. The van der Waals surface area contributed by atoms with Gasteiger partial charge >= 0.3 is 0 Å². The zero-order valence-corrected chi connectivity index (χ0v) is 14.9. The highest BCUT2D eigenvalue weighted by Gasteiger charge is 2.06. The van der Waals surface area contributed by atoms with Crippen molar-refractivity contribution in [3.05, 3.63) is 0 Å². The minimum absolute atomic E-state index is 0.344. The van der Waals surface area contributed by atoms with Crippen LogP contribution in [0.25, 0.3) is 0 Å². The average Bonchev–Trinajstić information content (AvgIpc) is 2.51. The predicted molar refractivity (Wildman–Crippen MR) is 94.8 cm³/mol. The van der Waals surface area contributed by atoms with Gasteiger partial charge in [-0.15, -0.1) is 0 Å². The van der Waals surface area contributed by atoms with Crippen LogP contribution in [0.5, 0.6) is 0 Å². The van der Waals surface area contributed by atoms with Crippen LogP contribution < -0.4 is 0 Å². The van der Waals surface area contributed by atoms with E-state index in [1.54, 1.807) is 0 Å². The van der Waals surface area contributed by atoms with Gasteiger partial charge in [0.1, 0.15) is 6.29 Å². The Morgan fingerprint density at radius 2 is 0.905 bits per heavy atom. The van der Waals surface area contributed by atoms with Gasteiger partial charge in [0.25, 0.3) is 0 Å². The molecule has 0 aromatic carbocycles. The van der Waals surface area contributed by atoms with E-state index in [1.165, 1.54) is 96.2 Å². The second-order valence-corrected chi connectivity index (χ2v) is 6.72. The Labute approximate surface area is 134 Å². The summed E-state index contributed by atoms with van der Waals surface area (Å²) in [5, 5.41) is 0. The molecule has 0 spiro atoms. The van der Waals surface area contributed by atoms with E-state index in [0.717, 1.165) is 12.8 Å². The standard InChI is InChI=1S/C20H40O/c1-3-5-7-9-11-13-15-17-20(19-21)18-16-14-12-10-8-6-4-2/h19-20H,3-18H2,1-2H3. The third-order valence-corrected chi connectivity index (χ3v) is 4.55. The van der Waals surface area contributed by atoms with Crippen LogP contribution in [-0.2, 0) is 4.79 Å². The van der Waals surface area contributed by atoms with Crippen LogP contribution in [-0.4, -0.2) is 6.29 Å². The Balaban J connectivity index is 3.31. The van der Waals surface area contributed by atoms with Gasteiger partial charge in [-0.25, -0.2) is 0 Å². The van der Waals surface area contributed by atoms with Crippen molar-refractivity contribution in [3.63, 3.8) is 0 Å². The highest BCUT2D eigenvalue weighted by molar-refractivity contribution is 5.53. The summed E-state index contributed by atoms with van der Waals surface area (Å²) in [6, 6.07) is 0. The normalized spacial score (nSPS) is 11.2. The quantitative estimate of drug-likeness (QED) is 0.207. The molecule has 0 atom stereocenters. The first-order valence-electron chi connectivity index (χ1n) is 9.80. The van der Waals surface area contributed by atoms with Crippen LogP contribution in [0.2, 0.25) is 0 Å². The molecule has 0 aromatic heterocycles. The molecule has 0 rings (SSSR count). The number of unbranched alkanes of at least 4 members (excludes halogenated alkanes) is 12. The van der Waals surface area contributed by atoms with E-state index < -0.39 is 0 Å². The fourth-order valence-electron chi connectivity index (χ4n) is 3.01. The van der Waals surface area contributed by atoms with Gasteiger partial charge in [-0.3, -0.25) is 0 Å². The van der Waals surface area contributed by atoms with Gasteiger partial charge < -0.3 is 4.79 Å². The zero-order chi connectivity index (χ0) is 15.6. The molecule has 1 heteroatoms. The van der Waals surface area contributed by atoms with Gasteiger partial charge in [0.05, 0.1) is 0 Å². The van der Waals surface area contributed by atoms with Crippen LogP contribution in [0.4, 0.5) is 0 Å². The van der Waals surface area contributed by atoms with Crippen molar-refractivity contribution >= 4 is 6.29 Å². The van der Waals surface area contributed by atoms with Crippen molar-refractivity contribution in [3.8, 4) is 0 Å². The molecule has 0 aliphatic rings. The molecule has 0 unspecified atom stereocenters. The zero-order valence-electron chi connectivity index (χ0n) is 14.9. The number of carbonyl (C=O) groups excluding carboxylic acids is 1. The molecule has 0 aliphatic carbocycles. The Morgan fingerprint density at radius 3 is 1.24 bits per heavy atom. The minimum atomic E-state index is 0.344. The number of rotatable bonds is 17. The van der Waals surface area contributed by atoms with E-state index >= 15 is 0 Å². The lowest BCUT2D eigenvalue weighted by atomic mass is 9.95. The summed E-state index contributed by atoms with van der Waals surface area (Å²) in [6.07, 6.45) is 22.3. The third-order valence-electron chi connectivity index (χ3n) is 4.55. The fraction of sp³-hybridized carbons (Fsp3) is 0.950. The van der Waals surface area contributed by atoms with Crippen molar-refractivity contribution in [1.82, 2.24) is 0 Å². The first kappa shape index (κ1) is 20.7. The summed E-state index contributed by atoms with van der Waals surface area (Å²) >= 11 is 0. The van der Waals surface area contributed by atoms with E-state index in [9.17, 15) is 4.79 Å². The van der Waals surface area contributed by atoms with Crippen LogP contribution in [0.15, 0.2) is 0 Å². The van der Waals surface area contributed by atoms with Crippen molar-refractivity contribution in [2.45, 2.75) is 117 Å². The minimum Gasteiger partial charge on any atom is -0.303 e. The predicted octanol–water partition coefficient (Wildman–Crippen LogP) is 7.08. The Morgan fingerprint density at radius 1 is 0.571 bits per heavy atom. The molecule has 0 aromatic rings. The molecule has 1 nitrogen and oxygen atoms in total. The van der Waals surface area contributed by atoms with Gasteiger partial charge in [0, 0.05) is 5.92 Å². The lowest BCUT2D eigenvalue weighted by Gasteiger charge is -2.10. The van der Waals surface area contributed by atoms with Gasteiger partial charge in [0.15, 0.2) is 0 Å². The highest BCUT2D eigenvalue weighted by atomic mass is 16.1. The molecule has 126 valence electrons. The Kier molecular flexibility index (Phi) is 17.4. The molecular formula is C20H40O. The van der Waals surface area contributed by atoms with Crippen LogP contribution in [0, 0.1) is 5.92 Å². The van der Waals surface area contributed by atoms with Crippen molar-refractivity contribution < 1.29 is 4.79 Å². The maximum atomic E-state index is 11.1. The largest absolute Gasteiger partial charge is 0.303 e. The van der Waals surface area contributed by atoms with Gasteiger partial charge in [-0.1, -0.05) is 104 Å². The lowest BCUT2D eigenvalue weighted by molar-refractivity contribution is -0.111. The van der Waals surface area contributed by atoms with E-state index in [0.29, 0.717) is 5.92 Å². The summed E-state index contributed by atoms with van der Waals surface area (Å²) in [5.74, 6) is 0.344. The fourth-order valence-corrected chi connectivity index (χ4v) is 3.01. The SMILES string of the molecule is CCCCCCCCCC(C=O)CCCCCCCCC. The van der Waals surface area contributed by atoms with Crippen LogP contribution >= 0.6 is 0 Å². The molecule has 0 saturated carbocycles. The van der Waals surface area contributed by atoms with E-state index in [4.69, 9.17) is 0 Å².